The number of phenolic OH excluding ortho intramolecular Hbond substituents is 3. The third-order valence-electron chi connectivity index (χ3n) is 19.3. The Morgan fingerprint density at radius 2 is 1.51 bits per heavy atom. The van der Waals surface area contributed by atoms with E-state index in [2.05, 4.69) is 36.4 Å². The molecule has 3 saturated carbocycles. The van der Waals surface area contributed by atoms with Gasteiger partial charge < -0.3 is 44.5 Å². The van der Waals surface area contributed by atoms with Crippen LogP contribution in [-0.2, 0) is 43.7 Å². The number of aliphatic hydroxyl groups is 2. The number of aliphatic hydroxyl groups excluding tert-OH is 2. The number of phenols is 3. The van der Waals surface area contributed by atoms with Crippen LogP contribution in [0.2, 0.25) is 0 Å². The monoisotopic (exact) mass is 1020 g/mol. The second-order valence-electron chi connectivity index (χ2n) is 22.8. The highest BCUT2D eigenvalue weighted by atomic mass is 16.6. The zero-order valence-electron chi connectivity index (χ0n) is 43.5. The number of allylic oxidation sites excluding steroid dienone is 1. The van der Waals surface area contributed by atoms with Crippen LogP contribution < -0.4 is 9.47 Å². The van der Waals surface area contributed by atoms with Crippen molar-refractivity contribution in [1.82, 2.24) is 0 Å². The highest BCUT2D eigenvalue weighted by Gasteiger charge is 2.68. The first-order valence-corrected chi connectivity index (χ1v) is 27.4. The van der Waals surface area contributed by atoms with Crippen LogP contribution in [0.1, 0.15) is 115 Å². The number of carbonyl (C=O) groups excluding carboxylic acids is 2. The number of aryl methyl sites for hydroxylation is 1. The first-order valence-electron chi connectivity index (χ1n) is 27.4. The molecule has 11 nitrogen and oxygen atoms in total. The van der Waals surface area contributed by atoms with Crippen molar-refractivity contribution >= 4 is 28.8 Å². The number of carbonyl (C=O) groups is 2. The Balaban J connectivity index is 1.06. The molecule has 0 aromatic heterocycles. The number of benzene rings is 6. The molecule has 11 unspecified atom stereocenters. The molecule has 394 valence electrons. The molecular weight excluding hydrogens is 957 g/mol. The van der Waals surface area contributed by atoms with Crippen molar-refractivity contribution in [2.24, 2.45) is 29.1 Å². The van der Waals surface area contributed by atoms with Crippen LogP contribution in [0.15, 0.2) is 115 Å². The lowest BCUT2D eigenvalue weighted by atomic mass is 9.38. The minimum Gasteiger partial charge on any atom is -0.508 e. The number of esters is 2. The normalized spacial score (nSPS) is 29.1. The molecule has 3 fully saturated rings. The molecule has 0 aliphatic heterocycles. The zero-order chi connectivity index (χ0) is 52.6. The summed E-state index contributed by atoms with van der Waals surface area (Å²) < 4.78 is 25.6. The summed E-state index contributed by atoms with van der Waals surface area (Å²) in [5, 5.41) is 58.9. The highest BCUT2D eigenvalue weighted by Crippen LogP contribution is 2.72. The number of hydrogen-bond acceptors (Lipinski definition) is 11. The van der Waals surface area contributed by atoms with Crippen molar-refractivity contribution in [3.05, 3.63) is 154 Å². The Kier molecular flexibility index (Phi) is 12.9. The SMILES string of the molecule is COc1cc2c(cc1O)C1CC(O)C3Cc4cc(O)c(OC)cc4C4CC(OC(=O)C5(c6ccc7cc(O)cc(-c8ccccc8)c7c6)CCCC5CCCO)CC(OC(C)=O)C(C2)C1(C1=Cc2ccccc2CC1)C43. The maximum absolute atomic E-state index is 16.2. The Labute approximate surface area is 444 Å². The van der Waals surface area contributed by atoms with E-state index in [1.807, 2.05) is 60.7 Å². The Hall–Kier alpha value is -6.82. The van der Waals surface area contributed by atoms with Crippen LogP contribution in [-0.4, -0.2) is 76.6 Å². The van der Waals surface area contributed by atoms with Crippen molar-refractivity contribution in [3.63, 3.8) is 0 Å². The average Bonchev–Trinajstić information content (AvgIpc) is 3.63. The van der Waals surface area contributed by atoms with Crippen molar-refractivity contribution < 1.29 is 54.1 Å². The number of hydrogen-bond donors (Lipinski definition) is 5. The minimum atomic E-state index is -1.10. The second kappa shape index (κ2) is 19.6. The molecule has 0 saturated heterocycles. The van der Waals surface area contributed by atoms with Gasteiger partial charge in [-0.3, -0.25) is 9.59 Å². The number of ether oxygens (including phenoxy) is 4. The number of fused-ring (bicyclic) bond motifs is 6. The van der Waals surface area contributed by atoms with Crippen LogP contribution in [0.5, 0.6) is 28.7 Å². The van der Waals surface area contributed by atoms with E-state index in [9.17, 15) is 30.3 Å². The highest BCUT2D eigenvalue weighted by molar-refractivity contribution is 5.99. The topological polar surface area (TPSA) is 172 Å². The van der Waals surface area contributed by atoms with E-state index in [1.54, 1.807) is 25.3 Å². The van der Waals surface area contributed by atoms with Gasteiger partial charge in [0.1, 0.15) is 18.0 Å². The summed E-state index contributed by atoms with van der Waals surface area (Å²) in [6, 6.07) is 35.5. The van der Waals surface area contributed by atoms with E-state index in [4.69, 9.17) is 18.9 Å². The van der Waals surface area contributed by atoms with E-state index in [1.165, 1.54) is 25.2 Å². The summed E-state index contributed by atoms with van der Waals surface area (Å²) >= 11 is 0. The van der Waals surface area contributed by atoms with Gasteiger partial charge in [-0.25, -0.2) is 0 Å². The van der Waals surface area contributed by atoms with Gasteiger partial charge in [0.2, 0.25) is 0 Å². The van der Waals surface area contributed by atoms with Gasteiger partial charge in [-0.05, 0) is 197 Å². The van der Waals surface area contributed by atoms with Gasteiger partial charge in [-0.1, -0.05) is 84.8 Å². The van der Waals surface area contributed by atoms with E-state index >= 15 is 4.79 Å². The molecule has 6 aromatic rings. The summed E-state index contributed by atoms with van der Waals surface area (Å²) in [6.07, 6.45) is 6.61. The summed E-state index contributed by atoms with van der Waals surface area (Å²) in [7, 11) is 3.09. The van der Waals surface area contributed by atoms with E-state index in [-0.39, 0.29) is 71.8 Å². The van der Waals surface area contributed by atoms with Crippen LogP contribution in [0.3, 0.4) is 0 Å². The fraction of sp³-hybridized carbons (Fsp3) is 0.415. The van der Waals surface area contributed by atoms with Crippen LogP contribution in [0.25, 0.3) is 28.0 Å². The summed E-state index contributed by atoms with van der Waals surface area (Å²) in [5.74, 6) is -1.78. The van der Waals surface area contributed by atoms with Gasteiger partial charge in [-0.2, -0.15) is 0 Å². The van der Waals surface area contributed by atoms with Crippen molar-refractivity contribution in [2.75, 3.05) is 20.8 Å². The lowest BCUT2D eigenvalue weighted by Crippen LogP contribution is -2.64. The van der Waals surface area contributed by atoms with Crippen LogP contribution >= 0.6 is 0 Å². The van der Waals surface area contributed by atoms with Crippen molar-refractivity contribution in [2.45, 2.75) is 120 Å². The third kappa shape index (κ3) is 8.05. The zero-order valence-corrected chi connectivity index (χ0v) is 43.5. The molecular formula is C65H68O11. The van der Waals surface area contributed by atoms with Gasteiger partial charge in [0.25, 0.3) is 0 Å². The molecule has 6 aliphatic carbocycles. The van der Waals surface area contributed by atoms with E-state index < -0.39 is 35.1 Å². The Morgan fingerprint density at radius 1 is 0.750 bits per heavy atom. The Morgan fingerprint density at radius 3 is 2.30 bits per heavy atom. The molecule has 6 aromatic carbocycles. The summed E-state index contributed by atoms with van der Waals surface area (Å²) in [6.45, 7) is 1.44. The predicted octanol–water partition coefficient (Wildman–Crippen LogP) is 11.4. The smallest absolute Gasteiger partial charge is 0.317 e. The predicted molar refractivity (Wildman–Crippen MR) is 290 cm³/mol. The minimum absolute atomic E-state index is 0.0138. The molecule has 76 heavy (non-hydrogen) atoms. The molecule has 0 bridgehead atoms. The van der Waals surface area contributed by atoms with Crippen LogP contribution in [0.4, 0.5) is 0 Å². The quantitative estimate of drug-likeness (QED) is 0.0782. The second-order valence-corrected chi connectivity index (χ2v) is 22.8. The lowest BCUT2D eigenvalue weighted by molar-refractivity contribution is -0.181. The largest absolute Gasteiger partial charge is 0.508 e. The number of methoxy groups -OCH3 is 2. The maximum atomic E-state index is 16.2. The summed E-state index contributed by atoms with van der Waals surface area (Å²) in [5.41, 5.74) is 8.14. The molecule has 6 aliphatic rings. The van der Waals surface area contributed by atoms with Crippen LogP contribution in [0, 0.1) is 29.1 Å². The third-order valence-corrected chi connectivity index (χ3v) is 19.3. The molecule has 0 heterocycles. The molecule has 11 heteroatoms. The van der Waals surface area contributed by atoms with Crippen molar-refractivity contribution in [3.8, 4) is 39.9 Å². The molecule has 12 rings (SSSR count). The van der Waals surface area contributed by atoms with Gasteiger partial charge in [0.05, 0.1) is 25.7 Å². The molecule has 0 amide bonds. The fourth-order valence-electron chi connectivity index (χ4n) is 16.4. The summed E-state index contributed by atoms with van der Waals surface area (Å²) in [4.78, 5) is 30.1. The maximum Gasteiger partial charge on any atom is 0.317 e. The average molecular weight is 1030 g/mol. The molecule has 0 spiro atoms. The van der Waals surface area contributed by atoms with E-state index in [0.717, 1.165) is 81.0 Å². The van der Waals surface area contributed by atoms with Gasteiger partial charge >= 0.3 is 11.9 Å². The van der Waals surface area contributed by atoms with E-state index in [0.29, 0.717) is 56.4 Å². The number of rotatable bonds is 11. The fourth-order valence-corrected chi connectivity index (χ4v) is 16.4. The first kappa shape index (κ1) is 50.0. The standard InChI is InChI=1S/C65H68O11/c1-36(67)75-59-32-47(76-63(72)64(21-9-15-43(64)16-10-22-66)44-19-18-40-24-46(68)30-49(48(40)29-44)38-12-5-4-6-13-38)31-52-50-34-61(74-3)57(70)27-41(50)25-53-56(69)35-54-51-33-58(71)60(73-2)28-42(51)26-55(59)65(54,62(52)53)45-20-17-37-11-7-8-14-39(37)23-45/h4-8,11-14,18-19,23-24,27-30,33-34,43,47,52-56,59,62,66,68-71H,9-10,15-17,20-22,25-26,31-32,35H2,1-3H3. The van der Waals surface area contributed by atoms with Crippen molar-refractivity contribution in [1.29, 1.82) is 0 Å². The Bertz CT molecular complexity index is 3270. The van der Waals surface area contributed by atoms with Gasteiger partial charge in [-0.15, -0.1) is 0 Å². The van der Waals surface area contributed by atoms with Gasteiger partial charge in [0, 0.05) is 31.3 Å². The van der Waals surface area contributed by atoms with Gasteiger partial charge in [0.15, 0.2) is 23.0 Å². The molecule has 5 N–H and O–H groups in total. The lowest BCUT2D eigenvalue weighted by Gasteiger charge is -2.66. The first-order chi connectivity index (χ1) is 36.9. The number of aromatic hydroxyl groups is 3. The molecule has 0 radical (unpaired) electrons. The molecule has 11 atom stereocenters.